The standard InChI is InChI=1S/C80H86N2O5/c1-11-13-15-17-19-60-27-41-70(42-28-60)82(71-43-29-61(30-44-71)20-18-16-14-12-2)72-45-31-62(32-46-72)21-34-66-35-22-63(51-75(66)85-50-49-57(3)4)23-36-67-37-24-64(52-76(67)86-55-58(5)6)25-38-68-39-26-65(53-77(68)87-56-59(7)8)33-48-78-80(9,10)73-54-69(79(83)84)40-47-74(73)81-78/h1-2,21-48,51-54,57-59H,13-20,49-50,55-56H2,3-10H3,(H,83,84)/b34-21+,36-23+,38-25+,48-33+. The molecule has 0 fully saturated rings. The van der Waals surface area contributed by atoms with Crippen LogP contribution in [0, 0.1) is 42.4 Å². The molecule has 8 rings (SSSR count). The first-order valence-corrected chi connectivity index (χ1v) is 31.0. The highest BCUT2D eigenvalue weighted by Crippen LogP contribution is 2.42. The molecule has 0 amide bonds. The third kappa shape index (κ3) is 18.5. The second-order valence-electron chi connectivity index (χ2n) is 24.4. The normalized spacial score (nSPS) is 12.8. The van der Waals surface area contributed by atoms with Gasteiger partial charge in [0.15, 0.2) is 0 Å². The molecule has 7 heteroatoms. The highest BCUT2D eigenvalue weighted by molar-refractivity contribution is 6.10. The second-order valence-corrected chi connectivity index (χ2v) is 24.4. The number of aliphatic imine (C=N–C) groups is 1. The van der Waals surface area contributed by atoms with E-state index in [0.29, 0.717) is 37.6 Å². The van der Waals surface area contributed by atoms with Crippen LogP contribution in [0.1, 0.15) is 166 Å². The Balaban J connectivity index is 1.000. The number of benzene rings is 7. The van der Waals surface area contributed by atoms with E-state index in [9.17, 15) is 9.90 Å². The zero-order chi connectivity index (χ0) is 61.7. The maximum absolute atomic E-state index is 11.7. The first-order chi connectivity index (χ1) is 42.1. The average molecular weight is 1160 g/mol. The van der Waals surface area contributed by atoms with Gasteiger partial charge in [0.1, 0.15) is 17.2 Å². The van der Waals surface area contributed by atoms with Gasteiger partial charge in [-0.1, -0.05) is 171 Å². The fourth-order valence-electron chi connectivity index (χ4n) is 10.2. The minimum Gasteiger partial charge on any atom is -0.493 e. The van der Waals surface area contributed by atoms with Crippen molar-refractivity contribution in [3.8, 4) is 41.9 Å². The van der Waals surface area contributed by atoms with Crippen LogP contribution in [0.3, 0.4) is 0 Å². The summed E-state index contributed by atoms with van der Waals surface area (Å²) in [5, 5.41) is 9.63. The van der Waals surface area contributed by atoms with Gasteiger partial charge in [-0.2, -0.15) is 0 Å². The van der Waals surface area contributed by atoms with Crippen LogP contribution in [0.4, 0.5) is 22.7 Å². The van der Waals surface area contributed by atoms with Crippen molar-refractivity contribution >= 4 is 77.0 Å². The number of carboxylic acids is 1. The Labute approximate surface area is 519 Å². The number of carbonyl (C=O) groups is 1. The van der Waals surface area contributed by atoms with Crippen LogP contribution >= 0.6 is 0 Å². The van der Waals surface area contributed by atoms with Crippen LogP contribution in [0.25, 0.3) is 42.5 Å². The third-order valence-electron chi connectivity index (χ3n) is 15.4. The van der Waals surface area contributed by atoms with Gasteiger partial charge in [-0.3, -0.25) is 4.99 Å². The Kier molecular flexibility index (Phi) is 23.1. The van der Waals surface area contributed by atoms with Crippen molar-refractivity contribution in [2.75, 3.05) is 24.7 Å². The van der Waals surface area contributed by atoms with Crippen LogP contribution in [0.5, 0.6) is 17.2 Å². The molecule has 87 heavy (non-hydrogen) atoms. The molecule has 0 aliphatic carbocycles. The van der Waals surface area contributed by atoms with Gasteiger partial charge in [-0.25, -0.2) is 4.79 Å². The van der Waals surface area contributed by atoms with E-state index >= 15 is 0 Å². The van der Waals surface area contributed by atoms with Gasteiger partial charge >= 0.3 is 5.97 Å². The van der Waals surface area contributed by atoms with Crippen LogP contribution in [-0.4, -0.2) is 36.6 Å². The molecule has 7 aromatic rings. The van der Waals surface area contributed by atoms with E-state index in [1.165, 1.54) is 11.1 Å². The number of allylic oxidation sites excluding steroid dienone is 1. The summed E-state index contributed by atoms with van der Waals surface area (Å²) in [5.41, 5.74) is 15.3. The number of aryl methyl sites for hydroxylation is 2. The molecule has 1 N–H and O–H groups in total. The summed E-state index contributed by atoms with van der Waals surface area (Å²) < 4.78 is 19.5. The average Bonchev–Trinajstić information content (AvgIpc) is 1.83. The highest BCUT2D eigenvalue weighted by Gasteiger charge is 2.34. The molecule has 0 aromatic heterocycles. The summed E-state index contributed by atoms with van der Waals surface area (Å²) in [5.74, 6) is 8.20. The Morgan fingerprint density at radius 1 is 0.517 bits per heavy atom. The van der Waals surface area contributed by atoms with Crippen molar-refractivity contribution in [2.45, 2.75) is 119 Å². The van der Waals surface area contributed by atoms with Crippen LogP contribution in [-0.2, 0) is 18.3 Å². The summed E-state index contributed by atoms with van der Waals surface area (Å²) in [6.45, 7) is 19.0. The Hall–Kier alpha value is -9.04. The van der Waals surface area contributed by atoms with Crippen molar-refractivity contribution in [1.82, 2.24) is 0 Å². The largest absolute Gasteiger partial charge is 0.493 e. The first kappa shape index (κ1) is 64.0. The summed E-state index contributed by atoms with van der Waals surface area (Å²) >= 11 is 0. The minimum absolute atomic E-state index is 0.260. The predicted octanol–water partition coefficient (Wildman–Crippen LogP) is 20.6. The molecule has 446 valence electrons. The molecule has 7 aromatic carbocycles. The molecule has 0 atom stereocenters. The van der Waals surface area contributed by atoms with Gasteiger partial charge in [-0.05, 0) is 181 Å². The zero-order valence-corrected chi connectivity index (χ0v) is 52.3. The minimum atomic E-state index is -0.947. The molecule has 7 nitrogen and oxygen atoms in total. The molecule has 0 saturated carbocycles. The SMILES string of the molecule is C#CCCCCc1ccc(N(c2ccc(/C=C/c3ccc(/C=C/c4ccc(/C=C/c5ccc(/C=C/C6=Nc7ccc(C(=O)O)cc7C6(C)C)cc5OCC(C)C)cc4OCC(C)C)cc3OCCC(C)C)cc2)c2ccc(CCCCC#C)cc2)cc1. The number of unbranched alkanes of at least 4 members (excludes halogenated alkanes) is 4. The smallest absolute Gasteiger partial charge is 0.335 e. The number of carboxylic acid groups (broad SMARTS) is 1. The van der Waals surface area contributed by atoms with E-state index in [-0.39, 0.29) is 5.56 Å². The lowest BCUT2D eigenvalue weighted by Crippen LogP contribution is -2.24. The van der Waals surface area contributed by atoms with E-state index in [0.717, 1.165) is 148 Å². The van der Waals surface area contributed by atoms with E-state index in [1.54, 1.807) is 18.2 Å². The lowest BCUT2D eigenvalue weighted by atomic mass is 9.80. The number of aromatic carboxylic acids is 1. The van der Waals surface area contributed by atoms with Crippen LogP contribution in [0.2, 0.25) is 0 Å². The summed E-state index contributed by atoms with van der Waals surface area (Å²) in [4.78, 5) is 19.0. The fraction of sp³-hybridized carbons (Fsp3) is 0.300. The lowest BCUT2D eigenvalue weighted by molar-refractivity contribution is 0.0696. The molecular weight excluding hydrogens is 1070 g/mol. The van der Waals surface area contributed by atoms with Crippen molar-refractivity contribution in [2.24, 2.45) is 22.7 Å². The van der Waals surface area contributed by atoms with E-state index < -0.39 is 11.4 Å². The Bertz CT molecular complexity index is 3610. The number of hydrogen-bond acceptors (Lipinski definition) is 6. The summed E-state index contributed by atoms with van der Waals surface area (Å²) in [7, 11) is 0. The van der Waals surface area contributed by atoms with Crippen LogP contribution in [0.15, 0.2) is 157 Å². The number of terminal acetylenes is 2. The highest BCUT2D eigenvalue weighted by atomic mass is 16.5. The number of fused-ring (bicyclic) bond motifs is 1. The van der Waals surface area contributed by atoms with Gasteiger partial charge < -0.3 is 24.2 Å². The number of hydrogen-bond donors (Lipinski definition) is 1. The number of ether oxygens (including phenoxy) is 3. The molecule has 1 heterocycles. The molecule has 1 aliphatic rings. The Morgan fingerprint density at radius 2 is 0.943 bits per heavy atom. The van der Waals surface area contributed by atoms with Gasteiger partial charge in [0.05, 0.1) is 36.8 Å². The quantitative estimate of drug-likeness (QED) is 0.0275. The number of rotatable bonds is 30. The Morgan fingerprint density at radius 3 is 1.38 bits per heavy atom. The monoisotopic (exact) mass is 1150 g/mol. The second kappa shape index (κ2) is 31.4. The van der Waals surface area contributed by atoms with Gasteiger partial charge in [0.2, 0.25) is 0 Å². The molecule has 0 unspecified atom stereocenters. The number of nitrogens with zero attached hydrogens (tertiary/aromatic N) is 2. The fourth-order valence-corrected chi connectivity index (χ4v) is 10.2. The zero-order valence-electron chi connectivity index (χ0n) is 52.3. The van der Waals surface area contributed by atoms with Crippen LogP contribution < -0.4 is 19.1 Å². The van der Waals surface area contributed by atoms with Gasteiger partial charge in [-0.15, -0.1) is 24.7 Å². The van der Waals surface area contributed by atoms with E-state index in [1.807, 2.05) is 12.2 Å². The summed E-state index contributed by atoms with van der Waals surface area (Å²) in [6, 6.07) is 50.8. The molecule has 0 saturated heterocycles. The van der Waals surface area contributed by atoms with Crippen molar-refractivity contribution < 1.29 is 24.1 Å². The number of anilines is 3. The maximum Gasteiger partial charge on any atom is 0.335 e. The third-order valence-corrected chi connectivity index (χ3v) is 15.4. The van der Waals surface area contributed by atoms with Crippen molar-refractivity contribution in [3.63, 3.8) is 0 Å². The molecule has 0 bridgehead atoms. The van der Waals surface area contributed by atoms with Gasteiger partial charge in [0.25, 0.3) is 0 Å². The lowest BCUT2D eigenvalue weighted by Gasteiger charge is -2.26. The molecular formula is C80H86N2O5. The first-order valence-electron chi connectivity index (χ1n) is 31.0. The molecule has 0 radical (unpaired) electrons. The van der Waals surface area contributed by atoms with E-state index in [2.05, 4.69) is 236 Å². The summed E-state index contributed by atoms with van der Waals surface area (Å²) in [6.07, 6.45) is 36.7. The maximum atomic E-state index is 11.7. The topological polar surface area (TPSA) is 80.6 Å². The van der Waals surface area contributed by atoms with E-state index in [4.69, 9.17) is 32.0 Å². The van der Waals surface area contributed by atoms with Crippen molar-refractivity contribution in [1.29, 1.82) is 0 Å². The molecule has 0 spiro atoms. The van der Waals surface area contributed by atoms with Gasteiger partial charge in [0, 0.05) is 52.0 Å². The predicted molar refractivity (Wildman–Crippen MR) is 368 cm³/mol. The van der Waals surface area contributed by atoms with Crippen molar-refractivity contribution in [3.05, 3.63) is 213 Å². The molecule has 1 aliphatic heterocycles.